The standard InChI is InChI=1S/C14H11ClN4O.2ClH/c15-11-3-1-9(2-4-11)12(16)14-18-13(19-20-14)10-5-7-17-8-6-10;;/h1-8,12H,16H2;2*1H. The number of hydrogen-bond donors (Lipinski definition) is 1. The number of pyridine rings is 1. The molecule has 0 aliphatic heterocycles. The number of halogens is 3. The third-order valence-corrected chi connectivity index (χ3v) is 3.13. The largest absolute Gasteiger partial charge is 0.337 e. The summed E-state index contributed by atoms with van der Waals surface area (Å²) in [5.41, 5.74) is 7.80. The molecular formula is C14H13Cl3N4O. The van der Waals surface area contributed by atoms with E-state index in [0.29, 0.717) is 16.7 Å². The lowest BCUT2D eigenvalue weighted by Gasteiger charge is -2.06. The number of benzene rings is 1. The van der Waals surface area contributed by atoms with Gasteiger partial charge in [0, 0.05) is 23.0 Å². The number of hydrogen-bond acceptors (Lipinski definition) is 5. The molecule has 0 saturated heterocycles. The van der Waals surface area contributed by atoms with Crippen molar-refractivity contribution in [3.8, 4) is 11.4 Å². The molecule has 1 aromatic carbocycles. The first-order valence-electron chi connectivity index (χ1n) is 5.99. The van der Waals surface area contributed by atoms with Gasteiger partial charge in [-0.15, -0.1) is 24.8 Å². The van der Waals surface area contributed by atoms with Crippen LogP contribution in [0.5, 0.6) is 0 Å². The number of nitrogens with zero attached hydrogens (tertiary/aromatic N) is 3. The van der Waals surface area contributed by atoms with Crippen LogP contribution in [0.1, 0.15) is 17.5 Å². The summed E-state index contributed by atoms with van der Waals surface area (Å²) >= 11 is 5.85. The van der Waals surface area contributed by atoms with E-state index in [1.54, 1.807) is 24.5 Å². The van der Waals surface area contributed by atoms with Crippen LogP contribution in [0.25, 0.3) is 11.4 Å². The molecule has 1 atom stereocenters. The van der Waals surface area contributed by atoms with Crippen LogP contribution in [-0.2, 0) is 0 Å². The molecule has 0 aliphatic rings. The van der Waals surface area contributed by atoms with E-state index in [0.717, 1.165) is 11.1 Å². The van der Waals surface area contributed by atoms with Crippen LogP contribution in [0.2, 0.25) is 5.02 Å². The highest BCUT2D eigenvalue weighted by Gasteiger charge is 2.17. The Hall–Kier alpha value is -1.66. The van der Waals surface area contributed by atoms with Gasteiger partial charge in [-0.25, -0.2) is 0 Å². The van der Waals surface area contributed by atoms with Crippen molar-refractivity contribution in [1.82, 2.24) is 15.1 Å². The Morgan fingerprint density at radius 1 is 1.00 bits per heavy atom. The summed E-state index contributed by atoms with van der Waals surface area (Å²) in [5.74, 6) is 0.853. The van der Waals surface area contributed by atoms with Crippen LogP contribution in [0, 0.1) is 0 Å². The summed E-state index contributed by atoms with van der Waals surface area (Å²) in [6.07, 6.45) is 3.34. The van der Waals surface area contributed by atoms with Gasteiger partial charge in [0.05, 0.1) is 0 Å². The van der Waals surface area contributed by atoms with Crippen LogP contribution in [0.15, 0.2) is 53.3 Å². The van der Waals surface area contributed by atoms with E-state index in [1.807, 2.05) is 24.3 Å². The molecule has 0 aliphatic carbocycles. The Bertz CT molecular complexity index is 704. The van der Waals surface area contributed by atoms with Gasteiger partial charge in [-0.1, -0.05) is 28.9 Å². The maximum absolute atomic E-state index is 6.11. The van der Waals surface area contributed by atoms with Crippen molar-refractivity contribution in [2.24, 2.45) is 5.73 Å². The minimum atomic E-state index is -0.477. The molecule has 3 rings (SSSR count). The summed E-state index contributed by atoms with van der Waals surface area (Å²) in [7, 11) is 0. The van der Waals surface area contributed by atoms with Crippen molar-refractivity contribution in [3.63, 3.8) is 0 Å². The van der Waals surface area contributed by atoms with Gasteiger partial charge in [-0.2, -0.15) is 4.98 Å². The summed E-state index contributed by atoms with van der Waals surface area (Å²) in [4.78, 5) is 8.26. The minimum absolute atomic E-state index is 0. The molecule has 2 N–H and O–H groups in total. The smallest absolute Gasteiger partial charge is 0.248 e. The number of nitrogens with two attached hydrogens (primary N) is 1. The lowest BCUT2D eigenvalue weighted by molar-refractivity contribution is 0.367. The van der Waals surface area contributed by atoms with Crippen LogP contribution >= 0.6 is 36.4 Å². The van der Waals surface area contributed by atoms with Crippen LogP contribution < -0.4 is 5.73 Å². The molecule has 8 heteroatoms. The van der Waals surface area contributed by atoms with Crippen molar-refractivity contribution in [3.05, 3.63) is 65.3 Å². The quantitative estimate of drug-likeness (QED) is 0.772. The summed E-state index contributed by atoms with van der Waals surface area (Å²) in [6, 6.07) is 10.4. The Kier molecular flexibility index (Phi) is 6.77. The highest BCUT2D eigenvalue weighted by atomic mass is 35.5. The van der Waals surface area contributed by atoms with Crippen LogP contribution in [0.3, 0.4) is 0 Å². The van der Waals surface area contributed by atoms with E-state index in [2.05, 4.69) is 15.1 Å². The van der Waals surface area contributed by atoms with Gasteiger partial charge in [0.1, 0.15) is 6.04 Å². The molecule has 5 nitrogen and oxygen atoms in total. The van der Waals surface area contributed by atoms with Crippen molar-refractivity contribution in [2.45, 2.75) is 6.04 Å². The molecule has 3 aromatic rings. The second kappa shape index (κ2) is 8.10. The predicted octanol–water partition coefficient (Wildman–Crippen LogP) is 3.68. The second-order valence-corrected chi connectivity index (χ2v) is 4.66. The fourth-order valence-corrected chi connectivity index (χ4v) is 1.92. The van der Waals surface area contributed by atoms with E-state index in [4.69, 9.17) is 21.9 Å². The first kappa shape index (κ1) is 18.4. The van der Waals surface area contributed by atoms with Gasteiger partial charge >= 0.3 is 0 Å². The summed E-state index contributed by atoms with van der Waals surface area (Å²) in [6.45, 7) is 0. The normalized spacial score (nSPS) is 11.2. The van der Waals surface area contributed by atoms with Gasteiger partial charge in [0.15, 0.2) is 0 Å². The van der Waals surface area contributed by atoms with Crippen molar-refractivity contribution in [2.75, 3.05) is 0 Å². The lowest BCUT2D eigenvalue weighted by atomic mass is 10.1. The first-order chi connectivity index (χ1) is 9.74. The van der Waals surface area contributed by atoms with Gasteiger partial charge in [-0.3, -0.25) is 4.98 Å². The number of rotatable bonds is 3. The van der Waals surface area contributed by atoms with Gasteiger partial charge in [0.25, 0.3) is 0 Å². The van der Waals surface area contributed by atoms with Gasteiger partial charge in [0.2, 0.25) is 11.7 Å². The molecule has 0 spiro atoms. The predicted molar refractivity (Wildman–Crippen MR) is 89.5 cm³/mol. The summed E-state index contributed by atoms with van der Waals surface area (Å²) < 4.78 is 5.23. The van der Waals surface area contributed by atoms with Gasteiger partial charge < -0.3 is 10.3 Å². The third-order valence-electron chi connectivity index (χ3n) is 2.88. The monoisotopic (exact) mass is 358 g/mol. The maximum Gasteiger partial charge on any atom is 0.248 e. The van der Waals surface area contributed by atoms with E-state index in [-0.39, 0.29) is 24.8 Å². The van der Waals surface area contributed by atoms with E-state index < -0.39 is 6.04 Å². The Labute approximate surface area is 144 Å². The SMILES string of the molecule is Cl.Cl.NC(c1ccc(Cl)cc1)c1nc(-c2ccncc2)no1. The zero-order valence-corrected chi connectivity index (χ0v) is 13.6. The Morgan fingerprint density at radius 2 is 1.64 bits per heavy atom. The third kappa shape index (κ3) is 3.96. The summed E-state index contributed by atoms with van der Waals surface area (Å²) in [5, 5.41) is 4.59. The molecule has 0 bridgehead atoms. The minimum Gasteiger partial charge on any atom is -0.337 e. The van der Waals surface area contributed by atoms with Crippen molar-refractivity contribution >= 4 is 36.4 Å². The average molecular weight is 360 g/mol. The fraction of sp³-hybridized carbons (Fsp3) is 0.0714. The van der Waals surface area contributed by atoms with Gasteiger partial charge in [-0.05, 0) is 29.8 Å². The first-order valence-corrected chi connectivity index (χ1v) is 6.37. The topological polar surface area (TPSA) is 77.8 Å². The molecule has 2 aromatic heterocycles. The molecule has 0 fully saturated rings. The molecule has 22 heavy (non-hydrogen) atoms. The van der Waals surface area contributed by atoms with E-state index >= 15 is 0 Å². The molecule has 116 valence electrons. The zero-order valence-electron chi connectivity index (χ0n) is 11.2. The van der Waals surface area contributed by atoms with Crippen molar-refractivity contribution in [1.29, 1.82) is 0 Å². The molecule has 0 radical (unpaired) electrons. The highest BCUT2D eigenvalue weighted by Crippen LogP contribution is 2.22. The maximum atomic E-state index is 6.11. The average Bonchev–Trinajstić information content (AvgIpc) is 2.98. The van der Waals surface area contributed by atoms with Crippen LogP contribution in [0.4, 0.5) is 0 Å². The highest BCUT2D eigenvalue weighted by molar-refractivity contribution is 6.30. The lowest BCUT2D eigenvalue weighted by Crippen LogP contribution is -2.12. The molecule has 0 saturated carbocycles. The molecule has 1 unspecified atom stereocenters. The second-order valence-electron chi connectivity index (χ2n) is 4.22. The van der Waals surface area contributed by atoms with E-state index in [1.165, 1.54) is 0 Å². The van der Waals surface area contributed by atoms with Crippen LogP contribution in [-0.4, -0.2) is 15.1 Å². The molecule has 2 heterocycles. The van der Waals surface area contributed by atoms with Crippen molar-refractivity contribution < 1.29 is 4.52 Å². The Morgan fingerprint density at radius 3 is 2.27 bits per heavy atom. The van der Waals surface area contributed by atoms with E-state index in [9.17, 15) is 0 Å². The Balaban J connectivity index is 0.00000121. The number of aromatic nitrogens is 3. The molecule has 0 amide bonds. The zero-order chi connectivity index (χ0) is 13.9. The molecular weight excluding hydrogens is 347 g/mol. The fourth-order valence-electron chi connectivity index (χ4n) is 1.79.